The van der Waals surface area contributed by atoms with E-state index in [1.54, 1.807) is 6.08 Å². The fraction of sp³-hybridized carbons (Fsp3) is 0.300. The molecule has 1 heterocycles. The minimum atomic E-state index is -0.0135. The summed E-state index contributed by atoms with van der Waals surface area (Å²) < 4.78 is 0. The molecule has 0 aliphatic carbocycles. The summed E-state index contributed by atoms with van der Waals surface area (Å²) in [6.45, 7) is 5.06. The lowest BCUT2D eigenvalue weighted by Crippen LogP contribution is -2.33. The third-order valence-corrected chi connectivity index (χ3v) is 1.72. The van der Waals surface area contributed by atoms with Gasteiger partial charge in [-0.2, -0.15) is 0 Å². The van der Waals surface area contributed by atoms with Gasteiger partial charge in [-0.05, 0) is 11.6 Å². The molecule has 4 nitrogen and oxygen atoms in total. The highest BCUT2D eigenvalue weighted by Gasteiger charge is 1.98. The molecule has 1 aromatic rings. The summed E-state index contributed by atoms with van der Waals surface area (Å²) in [5.74, 6) is -0.0135. The number of aromatic nitrogens is 1. The molecular formula is C10H15N3O. The van der Waals surface area contributed by atoms with Crippen LogP contribution in [0.15, 0.2) is 31.1 Å². The second-order valence-electron chi connectivity index (χ2n) is 2.92. The van der Waals surface area contributed by atoms with E-state index in [2.05, 4.69) is 22.2 Å². The van der Waals surface area contributed by atoms with Gasteiger partial charge in [0.1, 0.15) is 0 Å². The van der Waals surface area contributed by atoms with Crippen molar-refractivity contribution in [1.29, 1.82) is 0 Å². The second kappa shape index (κ2) is 5.99. The molecule has 0 radical (unpaired) electrons. The van der Waals surface area contributed by atoms with E-state index < -0.39 is 0 Å². The molecule has 0 fully saturated rings. The maximum atomic E-state index is 11.1. The predicted molar refractivity (Wildman–Crippen MR) is 55.7 cm³/mol. The van der Waals surface area contributed by atoms with Crippen LogP contribution in [0.4, 0.5) is 0 Å². The SMILES string of the molecule is C=CCNC(=O)CNCc1cc[nH]c1. The van der Waals surface area contributed by atoms with E-state index in [0.29, 0.717) is 19.6 Å². The van der Waals surface area contributed by atoms with Crippen LogP contribution >= 0.6 is 0 Å². The Hall–Kier alpha value is -1.55. The van der Waals surface area contributed by atoms with Crippen LogP contribution < -0.4 is 10.6 Å². The van der Waals surface area contributed by atoms with Crippen molar-refractivity contribution in [1.82, 2.24) is 15.6 Å². The highest BCUT2D eigenvalue weighted by atomic mass is 16.1. The predicted octanol–water partition coefficient (Wildman–Crippen LogP) is 0.406. The van der Waals surface area contributed by atoms with Gasteiger partial charge in [-0.25, -0.2) is 0 Å². The van der Waals surface area contributed by atoms with Crippen LogP contribution in [0, 0.1) is 0 Å². The zero-order valence-corrected chi connectivity index (χ0v) is 8.05. The minimum Gasteiger partial charge on any atom is -0.367 e. The molecule has 0 bridgehead atoms. The Balaban J connectivity index is 2.09. The summed E-state index contributed by atoms with van der Waals surface area (Å²) in [7, 11) is 0. The van der Waals surface area contributed by atoms with Crippen molar-refractivity contribution in [2.75, 3.05) is 13.1 Å². The third-order valence-electron chi connectivity index (χ3n) is 1.72. The van der Waals surface area contributed by atoms with Crippen LogP contribution in [0.5, 0.6) is 0 Å². The number of carbonyl (C=O) groups excluding carboxylic acids is 1. The van der Waals surface area contributed by atoms with E-state index in [1.807, 2.05) is 18.5 Å². The number of hydrogen-bond acceptors (Lipinski definition) is 2. The lowest BCUT2D eigenvalue weighted by atomic mass is 10.3. The van der Waals surface area contributed by atoms with Crippen LogP contribution in [-0.4, -0.2) is 24.0 Å². The van der Waals surface area contributed by atoms with Gasteiger partial charge in [0.25, 0.3) is 0 Å². The van der Waals surface area contributed by atoms with Crippen LogP contribution in [0.25, 0.3) is 0 Å². The average Bonchev–Trinajstić information content (AvgIpc) is 2.67. The lowest BCUT2D eigenvalue weighted by molar-refractivity contribution is -0.120. The molecule has 1 rings (SSSR count). The lowest BCUT2D eigenvalue weighted by Gasteiger charge is -2.03. The molecule has 4 heteroatoms. The fourth-order valence-corrected chi connectivity index (χ4v) is 1.04. The van der Waals surface area contributed by atoms with Gasteiger partial charge < -0.3 is 15.6 Å². The molecule has 76 valence electrons. The molecule has 14 heavy (non-hydrogen) atoms. The summed E-state index contributed by atoms with van der Waals surface area (Å²) >= 11 is 0. The molecule has 0 spiro atoms. The third kappa shape index (κ3) is 3.91. The topological polar surface area (TPSA) is 56.9 Å². The van der Waals surface area contributed by atoms with E-state index >= 15 is 0 Å². The monoisotopic (exact) mass is 193 g/mol. The Morgan fingerprint density at radius 3 is 3.14 bits per heavy atom. The van der Waals surface area contributed by atoms with Crippen LogP contribution in [0.1, 0.15) is 5.56 Å². The highest BCUT2D eigenvalue weighted by molar-refractivity contribution is 5.78. The Morgan fingerprint density at radius 1 is 1.64 bits per heavy atom. The van der Waals surface area contributed by atoms with E-state index in [4.69, 9.17) is 0 Å². The van der Waals surface area contributed by atoms with Crippen LogP contribution in [0.3, 0.4) is 0 Å². The van der Waals surface area contributed by atoms with E-state index in [9.17, 15) is 4.79 Å². The molecule has 0 aliphatic heterocycles. The summed E-state index contributed by atoms with van der Waals surface area (Å²) in [5.41, 5.74) is 1.14. The van der Waals surface area contributed by atoms with Gasteiger partial charge in [0, 0.05) is 25.5 Å². The number of nitrogens with one attached hydrogen (secondary N) is 3. The molecule has 1 aromatic heterocycles. The zero-order chi connectivity index (χ0) is 10.2. The van der Waals surface area contributed by atoms with Crippen LogP contribution in [0.2, 0.25) is 0 Å². The summed E-state index contributed by atoms with van der Waals surface area (Å²) in [6, 6.07) is 1.97. The van der Waals surface area contributed by atoms with Crippen molar-refractivity contribution in [2.24, 2.45) is 0 Å². The van der Waals surface area contributed by atoms with Crippen molar-refractivity contribution < 1.29 is 4.79 Å². The van der Waals surface area contributed by atoms with Crippen molar-refractivity contribution in [2.45, 2.75) is 6.54 Å². The largest absolute Gasteiger partial charge is 0.367 e. The average molecular weight is 193 g/mol. The van der Waals surface area contributed by atoms with Crippen molar-refractivity contribution >= 4 is 5.91 Å². The number of H-pyrrole nitrogens is 1. The van der Waals surface area contributed by atoms with E-state index in [0.717, 1.165) is 5.56 Å². The highest BCUT2D eigenvalue weighted by Crippen LogP contribution is 1.93. The quantitative estimate of drug-likeness (QED) is 0.573. The molecule has 0 aromatic carbocycles. The summed E-state index contributed by atoms with van der Waals surface area (Å²) in [4.78, 5) is 14.0. The number of aromatic amines is 1. The van der Waals surface area contributed by atoms with E-state index in [1.165, 1.54) is 0 Å². The number of amides is 1. The molecule has 0 aliphatic rings. The van der Waals surface area contributed by atoms with Gasteiger partial charge in [0.05, 0.1) is 6.54 Å². The van der Waals surface area contributed by atoms with Gasteiger partial charge in [-0.1, -0.05) is 6.08 Å². The van der Waals surface area contributed by atoms with Crippen molar-refractivity contribution in [3.63, 3.8) is 0 Å². The van der Waals surface area contributed by atoms with Crippen LogP contribution in [-0.2, 0) is 11.3 Å². The number of rotatable bonds is 6. The Kier molecular flexibility index (Phi) is 4.50. The van der Waals surface area contributed by atoms with Gasteiger partial charge in [0.2, 0.25) is 5.91 Å². The molecular weight excluding hydrogens is 178 g/mol. The Labute approximate surface area is 83.4 Å². The first-order valence-electron chi connectivity index (χ1n) is 4.53. The number of carbonyl (C=O) groups is 1. The molecule has 3 N–H and O–H groups in total. The van der Waals surface area contributed by atoms with Gasteiger partial charge in [-0.15, -0.1) is 6.58 Å². The first-order valence-corrected chi connectivity index (χ1v) is 4.53. The van der Waals surface area contributed by atoms with Gasteiger partial charge >= 0.3 is 0 Å². The maximum Gasteiger partial charge on any atom is 0.234 e. The zero-order valence-electron chi connectivity index (χ0n) is 8.05. The summed E-state index contributed by atoms with van der Waals surface area (Å²) in [6.07, 6.45) is 5.41. The Bertz CT molecular complexity index is 280. The maximum absolute atomic E-state index is 11.1. The molecule has 0 unspecified atom stereocenters. The molecule has 0 atom stereocenters. The Morgan fingerprint density at radius 2 is 2.50 bits per heavy atom. The fourth-order valence-electron chi connectivity index (χ4n) is 1.04. The van der Waals surface area contributed by atoms with Gasteiger partial charge in [0.15, 0.2) is 0 Å². The number of hydrogen-bond donors (Lipinski definition) is 3. The smallest absolute Gasteiger partial charge is 0.234 e. The summed E-state index contributed by atoms with van der Waals surface area (Å²) in [5, 5.41) is 5.72. The standard InChI is InChI=1S/C10H15N3O/c1-2-4-13-10(14)8-12-7-9-3-5-11-6-9/h2-3,5-6,11-12H,1,4,7-8H2,(H,13,14). The molecule has 0 saturated heterocycles. The first-order chi connectivity index (χ1) is 6.83. The van der Waals surface area contributed by atoms with Crippen molar-refractivity contribution in [3.8, 4) is 0 Å². The molecule has 1 amide bonds. The van der Waals surface area contributed by atoms with Gasteiger partial charge in [-0.3, -0.25) is 4.79 Å². The second-order valence-corrected chi connectivity index (χ2v) is 2.92. The minimum absolute atomic E-state index is 0.0135. The van der Waals surface area contributed by atoms with Crippen molar-refractivity contribution in [3.05, 3.63) is 36.7 Å². The van der Waals surface area contributed by atoms with E-state index in [-0.39, 0.29) is 5.91 Å². The molecule has 0 saturated carbocycles. The first kappa shape index (κ1) is 10.5. The normalized spacial score (nSPS) is 9.71.